The first-order valence-electron chi connectivity index (χ1n) is 7.85. The molecule has 0 atom stereocenters. The Hall–Kier alpha value is -3.21. The Balaban J connectivity index is 1.54. The standard InChI is InChI=1S/C19H13N5/c1-2-7-13-12(6-1)21-18(22-13)16-10-5-11-17(20-16)19-23-14-8-3-4-9-15(14)24-19/h1-11,18-19H. The Morgan fingerprint density at radius 3 is 1.21 bits per heavy atom. The smallest absolute Gasteiger partial charge is 0.183 e. The van der Waals surface area contributed by atoms with Crippen LogP contribution in [-0.2, 0) is 0 Å². The summed E-state index contributed by atoms with van der Waals surface area (Å²) in [6.07, 6.45) is -0.572. The molecule has 5 heteroatoms. The van der Waals surface area contributed by atoms with Crippen LogP contribution in [0.25, 0.3) is 0 Å². The Morgan fingerprint density at radius 1 is 0.458 bits per heavy atom. The molecule has 0 bridgehead atoms. The third-order valence-corrected chi connectivity index (χ3v) is 4.13. The molecule has 2 aromatic carbocycles. The molecule has 0 N–H and O–H groups in total. The monoisotopic (exact) mass is 311 g/mol. The first kappa shape index (κ1) is 13.2. The molecule has 114 valence electrons. The molecule has 0 unspecified atom stereocenters. The average Bonchev–Trinajstić information content (AvgIpc) is 3.26. The molecular weight excluding hydrogens is 298 g/mol. The second-order valence-electron chi connectivity index (χ2n) is 5.73. The zero-order valence-corrected chi connectivity index (χ0v) is 12.7. The van der Waals surface area contributed by atoms with Crippen molar-refractivity contribution < 1.29 is 0 Å². The number of aromatic nitrogens is 1. The quantitative estimate of drug-likeness (QED) is 0.696. The van der Waals surface area contributed by atoms with Crippen LogP contribution in [0, 0.1) is 0 Å². The van der Waals surface area contributed by atoms with Gasteiger partial charge in [0.1, 0.15) is 0 Å². The molecule has 0 saturated heterocycles. The van der Waals surface area contributed by atoms with Crippen molar-refractivity contribution in [1.29, 1.82) is 0 Å². The number of hydrogen-bond donors (Lipinski definition) is 0. The lowest BCUT2D eigenvalue weighted by Gasteiger charge is -2.08. The Morgan fingerprint density at radius 2 is 0.833 bits per heavy atom. The third kappa shape index (κ3) is 2.13. The van der Waals surface area contributed by atoms with Crippen LogP contribution in [0.2, 0.25) is 0 Å². The maximum atomic E-state index is 4.73. The van der Waals surface area contributed by atoms with Crippen molar-refractivity contribution >= 4 is 0 Å². The number of hydrogen-bond acceptors (Lipinski definition) is 5. The van der Waals surface area contributed by atoms with E-state index in [-0.39, 0.29) is 12.3 Å². The van der Waals surface area contributed by atoms with E-state index in [0.29, 0.717) is 0 Å². The van der Waals surface area contributed by atoms with Gasteiger partial charge in [-0.1, -0.05) is 30.3 Å². The lowest BCUT2D eigenvalue weighted by atomic mass is 10.2. The van der Waals surface area contributed by atoms with Crippen LogP contribution in [0.3, 0.4) is 0 Å². The third-order valence-electron chi connectivity index (χ3n) is 4.13. The Labute approximate surface area is 137 Å². The van der Waals surface area contributed by atoms with E-state index in [1.54, 1.807) is 0 Å². The molecule has 24 heavy (non-hydrogen) atoms. The topological polar surface area (TPSA) is 62.3 Å². The van der Waals surface area contributed by atoms with Crippen molar-refractivity contribution in [2.45, 2.75) is 12.3 Å². The van der Waals surface area contributed by atoms with E-state index in [0.717, 1.165) is 32.8 Å². The fourth-order valence-electron chi connectivity index (χ4n) is 2.97. The number of fused-ring (bicyclic) bond motifs is 2. The minimum atomic E-state index is -0.286. The molecule has 0 amide bonds. The van der Waals surface area contributed by atoms with Crippen molar-refractivity contribution in [3.63, 3.8) is 0 Å². The fraction of sp³-hybridized carbons (Fsp3) is 0.105. The molecule has 3 aromatic rings. The van der Waals surface area contributed by atoms with E-state index >= 15 is 0 Å². The van der Waals surface area contributed by atoms with Gasteiger partial charge in [0.2, 0.25) is 0 Å². The van der Waals surface area contributed by atoms with Crippen molar-refractivity contribution in [3.8, 4) is 0 Å². The summed E-state index contributed by atoms with van der Waals surface area (Å²) >= 11 is 0. The van der Waals surface area contributed by atoms with Crippen molar-refractivity contribution in [1.82, 2.24) is 4.98 Å². The lowest BCUT2D eigenvalue weighted by Crippen LogP contribution is -2.19. The van der Waals surface area contributed by atoms with Gasteiger partial charge in [0.25, 0.3) is 0 Å². The summed E-state index contributed by atoms with van der Waals surface area (Å²) in [5.74, 6) is 0. The Kier molecular flexibility index (Phi) is 2.85. The van der Waals surface area contributed by atoms with E-state index in [4.69, 9.17) is 4.98 Å². The minimum Gasteiger partial charge on any atom is -0.250 e. The van der Waals surface area contributed by atoms with Gasteiger partial charge in [0, 0.05) is 0 Å². The lowest BCUT2D eigenvalue weighted by molar-refractivity contribution is 0.693. The first-order valence-corrected chi connectivity index (χ1v) is 7.85. The predicted molar refractivity (Wildman–Crippen MR) is 87.2 cm³/mol. The van der Waals surface area contributed by atoms with E-state index in [2.05, 4.69) is 20.0 Å². The molecule has 0 aliphatic carbocycles. The number of rotatable bonds is 2. The number of para-hydroxylation sites is 4. The molecule has 3 heterocycles. The van der Waals surface area contributed by atoms with Crippen molar-refractivity contribution in [3.05, 3.63) is 99.5 Å². The molecule has 5 rings (SSSR count). The maximum absolute atomic E-state index is 4.73. The van der Waals surface area contributed by atoms with E-state index in [1.807, 2.05) is 66.7 Å². The molecule has 0 radical (unpaired) electrons. The van der Waals surface area contributed by atoms with Crippen molar-refractivity contribution in [2.24, 2.45) is 20.0 Å². The van der Waals surface area contributed by atoms with E-state index < -0.39 is 0 Å². The van der Waals surface area contributed by atoms with Gasteiger partial charge in [-0.25, -0.2) is 4.98 Å². The van der Waals surface area contributed by atoms with Gasteiger partial charge in [-0.05, 0) is 36.4 Å². The molecule has 2 aliphatic heterocycles. The molecule has 0 spiro atoms. The maximum Gasteiger partial charge on any atom is 0.183 e. The van der Waals surface area contributed by atoms with Crippen LogP contribution in [0.5, 0.6) is 0 Å². The first-order chi connectivity index (χ1) is 11.9. The molecule has 2 aliphatic rings. The average molecular weight is 311 g/mol. The summed E-state index contributed by atoms with van der Waals surface area (Å²) in [7, 11) is 0. The highest BCUT2D eigenvalue weighted by Gasteiger charge is 2.18. The van der Waals surface area contributed by atoms with Gasteiger partial charge in [-0.3, -0.25) is 20.0 Å². The van der Waals surface area contributed by atoms with Crippen molar-refractivity contribution in [2.75, 3.05) is 0 Å². The summed E-state index contributed by atoms with van der Waals surface area (Å²) in [4.78, 5) is 23.3. The number of pyridine rings is 1. The van der Waals surface area contributed by atoms with E-state index in [1.165, 1.54) is 0 Å². The fourth-order valence-corrected chi connectivity index (χ4v) is 2.97. The summed E-state index contributed by atoms with van der Waals surface area (Å²) < 4.78 is 0. The van der Waals surface area contributed by atoms with Crippen LogP contribution < -0.4 is 21.4 Å². The van der Waals surface area contributed by atoms with Crippen LogP contribution in [-0.4, -0.2) is 4.98 Å². The number of nitrogens with zero attached hydrogens (tertiary/aromatic N) is 5. The van der Waals surface area contributed by atoms with Gasteiger partial charge in [-0.15, -0.1) is 0 Å². The van der Waals surface area contributed by atoms with Gasteiger partial charge in [0.05, 0.1) is 32.8 Å². The summed E-state index contributed by atoms with van der Waals surface area (Å²) in [6.45, 7) is 0. The zero-order valence-electron chi connectivity index (χ0n) is 12.7. The van der Waals surface area contributed by atoms with Crippen LogP contribution in [0.15, 0.2) is 86.7 Å². The van der Waals surface area contributed by atoms with Crippen LogP contribution >= 0.6 is 0 Å². The second kappa shape index (κ2) is 5.16. The molecule has 1 aromatic heterocycles. The highest BCUT2D eigenvalue weighted by atomic mass is 15.1. The largest absolute Gasteiger partial charge is 0.250 e. The highest BCUT2D eigenvalue weighted by Crippen LogP contribution is 2.22. The minimum absolute atomic E-state index is 0.286. The van der Waals surface area contributed by atoms with E-state index in [9.17, 15) is 0 Å². The summed E-state index contributed by atoms with van der Waals surface area (Å²) in [6, 6.07) is 21.7. The van der Waals surface area contributed by atoms with Crippen LogP contribution in [0.1, 0.15) is 23.7 Å². The predicted octanol–water partition coefficient (Wildman–Crippen LogP) is 0.985. The van der Waals surface area contributed by atoms with Crippen LogP contribution in [0.4, 0.5) is 0 Å². The van der Waals surface area contributed by atoms with Gasteiger partial charge in [0.15, 0.2) is 12.3 Å². The molecule has 5 nitrogen and oxygen atoms in total. The molecule has 0 saturated carbocycles. The van der Waals surface area contributed by atoms with Gasteiger partial charge < -0.3 is 0 Å². The number of benzene rings is 2. The molecule has 0 fully saturated rings. The highest BCUT2D eigenvalue weighted by molar-refractivity contribution is 5.20. The van der Waals surface area contributed by atoms with Gasteiger partial charge in [-0.2, -0.15) is 0 Å². The molecular formula is C19H13N5. The normalized spacial score (nSPS) is 15.7. The SMILES string of the molecule is c1cc(C2N=c3ccccc3=N2)nc(C2N=c3ccccc3=N2)c1. The zero-order chi connectivity index (χ0) is 15.9. The summed E-state index contributed by atoms with van der Waals surface area (Å²) in [5, 5.41) is 3.66. The second-order valence-corrected chi connectivity index (χ2v) is 5.73. The Bertz CT molecular complexity index is 1020. The summed E-state index contributed by atoms with van der Waals surface area (Å²) in [5.41, 5.74) is 1.65. The van der Waals surface area contributed by atoms with Gasteiger partial charge >= 0.3 is 0 Å².